The second-order valence-corrected chi connectivity index (χ2v) is 3.38. The Kier molecular flexibility index (Phi) is 2.47. The predicted molar refractivity (Wildman–Crippen MR) is 49.9 cm³/mol. The first-order valence-electron chi connectivity index (χ1n) is 3.46. The quantitative estimate of drug-likeness (QED) is 0.794. The fourth-order valence-corrected chi connectivity index (χ4v) is 1.15. The number of aromatic nitrogens is 1. The number of primary amides is 1. The van der Waals surface area contributed by atoms with Crippen LogP contribution in [0.4, 0.5) is 0 Å². The maximum atomic E-state index is 10.8. The van der Waals surface area contributed by atoms with Crippen LogP contribution in [0.15, 0.2) is 10.5 Å². The molecule has 12 heavy (non-hydrogen) atoms. The van der Waals surface area contributed by atoms with E-state index >= 15 is 0 Å². The molecular formula is C8H9BrN2O. The van der Waals surface area contributed by atoms with Crippen molar-refractivity contribution in [3.05, 3.63) is 27.5 Å². The summed E-state index contributed by atoms with van der Waals surface area (Å²) < 4.78 is 0.924. The Morgan fingerprint density at radius 3 is 2.58 bits per heavy atom. The summed E-state index contributed by atoms with van der Waals surface area (Å²) >= 11 is 3.35. The van der Waals surface area contributed by atoms with Gasteiger partial charge in [0.2, 0.25) is 0 Å². The number of carbonyl (C=O) groups is 1. The van der Waals surface area contributed by atoms with Crippen molar-refractivity contribution < 1.29 is 4.79 Å². The van der Waals surface area contributed by atoms with E-state index in [0.29, 0.717) is 5.69 Å². The second-order valence-electron chi connectivity index (χ2n) is 2.59. The molecule has 64 valence electrons. The van der Waals surface area contributed by atoms with Crippen LogP contribution in [0.5, 0.6) is 0 Å². The lowest BCUT2D eigenvalue weighted by atomic mass is 10.2. The number of rotatable bonds is 1. The molecule has 0 aliphatic rings. The number of halogens is 1. The van der Waals surface area contributed by atoms with Gasteiger partial charge in [0.25, 0.3) is 5.91 Å². The van der Waals surface area contributed by atoms with Crippen molar-refractivity contribution in [2.45, 2.75) is 13.8 Å². The Balaban J connectivity index is 3.31. The molecule has 1 rings (SSSR count). The van der Waals surface area contributed by atoms with Crippen LogP contribution in [0.1, 0.15) is 21.7 Å². The zero-order chi connectivity index (χ0) is 9.30. The Bertz CT molecular complexity index is 313. The average Bonchev–Trinajstić information content (AvgIpc) is 1.99. The van der Waals surface area contributed by atoms with E-state index in [4.69, 9.17) is 5.73 Å². The van der Waals surface area contributed by atoms with Gasteiger partial charge >= 0.3 is 0 Å². The maximum absolute atomic E-state index is 10.8. The van der Waals surface area contributed by atoms with E-state index in [0.717, 1.165) is 15.7 Å². The van der Waals surface area contributed by atoms with Crippen LogP contribution in [-0.2, 0) is 0 Å². The number of carbonyl (C=O) groups excluding carboxylic acids is 1. The normalized spacial score (nSPS) is 9.92. The number of nitrogens with zero attached hydrogens (tertiary/aromatic N) is 1. The molecule has 4 heteroatoms. The van der Waals surface area contributed by atoms with Gasteiger partial charge in [-0.25, -0.2) is 4.98 Å². The van der Waals surface area contributed by atoms with Crippen LogP contribution in [0, 0.1) is 13.8 Å². The van der Waals surface area contributed by atoms with E-state index in [1.165, 1.54) is 0 Å². The molecule has 1 amide bonds. The van der Waals surface area contributed by atoms with E-state index < -0.39 is 5.91 Å². The number of nitrogens with two attached hydrogens (primary N) is 1. The number of hydrogen-bond acceptors (Lipinski definition) is 2. The highest BCUT2D eigenvalue weighted by Crippen LogP contribution is 2.19. The van der Waals surface area contributed by atoms with Crippen molar-refractivity contribution in [3.8, 4) is 0 Å². The molecule has 0 saturated carbocycles. The van der Waals surface area contributed by atoms with Crippen molar-refractivity contribution >= 4 is 21.8 Å². The molecule has 0 aromatic carbocycles. The first kappa shape index (κ1) is 9.19. The highest BCUT2D eigenvalue weighted by atomic mass is 79.9. The van der Waals surface area contributed by atoms with Crippen molar-refractivity contribution in [1.82, 2.24) is 4.98 Å². The number of aryl methyl sites for hydroxylation is 2. The molecule has 2 N–H and O–H groups in total. The molecule has 0 radical (unpaired) electrons. The lowest BCUT2D eigenvalue weighted by Gasteiger charge is -2.03. The summed E-state index contributed by atoms with van der Waals surface area (Å²) in [7, 11) is 0. The lowest BCUT2D eigenvalue weighted by molar-refractivity contribution is 0.0995. The fraction of sp³-hybridized carbons (Fsp3) is 0.250. The molecule has 1 aromatic heterocycles. The van der Waals surface area contributed by atoms with Gasteiger partial charge < -0.3 is 5.73 Å². The third kappa shape index (κ3) is 1.64. The Hall–Kier alpha value is -0.900. The highest BCUT2D eigenvalue weighted by molar-refractivity contribution is 9.10. The molecule has 0 atom stereocenters. The van der Waals surface area contributed by atoms with Gasteiger partial charge in [0.15, 0.2) is 0 Å². The van der Waals surface area contributed by atoms with Crippen LogP contribution in [-0.4, -0.2) is 10.9 Å². The minimum Gasteiger partial charge on any atom is -0.364 e. The molecule has 0 aliphatic heterocycles. The van der Waals surface area contributed by atoms with E-state index in [-0.39, 0.29) is 0 Å². The van der Waals surface area contributed by atoms with Crippen molar-refractivity contribution in [3.63, 3.8) is 0 Å². The summed E-state index contributed by atoms with van der Waals surface area (Å²) in [5.74, 6) is -0.492. The monoisotopic (exact) mass is 228 g/mol. The van der Waals surface area contributed by atoms with E-state index in [1.807, 2.05) is 13.8 Å². The first-order valence-corrected chi connectivity index (χ1v) is 4.25. The van der Waals surface area contributed by atoms with Gasteiger partial charge in [-0.15, -0.1) is 0 Å². The van der Waals surface area contributed by atoms with Gasteiger partial charge in [-0.2, -0.15) is 0 Å². The van der Waals surface area contributed by atoms with Crippen LogP contribution >= 0.6 is 15.9 Å². The van der Waals surface area contributed by atoms with Crippen LogP contribution in [0.2, 0.25) is 0 Å². The van der Waals surface area contributed by atoms with Gasteiger partial charge in [0.05, 0.1) is 5.69 Å². The molecule has 1 aromatic rings. The maximum Gasteiger partial charge on any atom is 0.267 e. The van der Waals surface area contributed by atoms with Gasteiger partial charge in [0, 0.05) is 4.47 Å². The summed E-state index contributed by atoms with van der Waals surface area (Å²) in [6.45, 7) is 3.72. The molecule has 0 unspecified atom stereocenters. The fourth-order valence-electron chi connectivity index (χ4n) is 0.942. The van der Waals surface area contributed by atoms with E-state index in [9.17, 15) is 4.79 Å². The van der Waals surface area contributed by atoms with Gasteiger partial charge in [-0.3, -0.25) is 4.79 Å². The number of hydrogen-bond donors (Lipinski definition) is 1. The molecule has 0 bridgehead atoms. The third-order valence-electron chi connectivity index (χ3n) is 1.56. The Morgan fingerprint density at radius 1 is 1.58 bits per heavy atom. The summed E-state index contributed by atoms with van der Waals surface area (Å²) in [6.07, 6.45) is 0. The molecule has 0 saturated heterocycles. The van der Waals surface area contributed by atoms with Crippen molar-refractivity contribution in [2.75, 3.05) is 0 Å². The van der Waals surface area contributed by atoms with Crippen molar-refractivity contribution in [2.24, 2.45) is 5.73 Å². The minimum absolute atomic E-state index is 0.313. The standard InChI is InChI=1S/C8H9BrN2O/c1-4-3-6(8(10)12)11-5(2)7(4)9/h3H,1-2H3,(H2,10,12). The minimum atomic E-state index is -0.492. The van der Waals surface area contributed by atoms with Gasteiger partial charge in [0.1, 0.15) is 5.69 Å². The lowest BCUT2D eigenvalue weighted by Crippen LogP contribution is -2.14. The summed E-state index contributed by atoms with van der Waals surface area (Å²) in [4.78, 5) is 14.8. The Morgan fingerprint density at radius 2 is 2.17 bits per heavy atom. The largest absolute Gasteiger partial charge is 0.364 e. The van der Waals surface area contributed by atoms with Gasteiger partial charge in [-0.05, 0) is 41.4 Å². The van der Waals surface area contributed by atoms with Gasteiger partial charge in [-0.1, -0.05) is 0 Å². The molecule has 0 aliphatic carbocycles. The van der Waals surface area contributed by atoms with E-state index in [2.05, 4.69) is 20.9 Å². The highest BCUT2D eigenvalue weighted by Gasteiger charge is 2.07. The van der Waals surface area contributed by atoms with Crippen molar-refractivity contribution in [1.29, 1.82) is 0 Å². The number of pyridine rings is 1. The summed E-state index contributed by atoms with van der Waals surface area (Å²) in [6, 6.07) is 1.67. The molecule has 3 nitrogen and oxygen atoms in total. The third-order valence-corrected chi connectivity index (χ3v) is 2.76. The Labute approximate surface area is 79.1 Å². The predicted octanol–water partition coefficient (Wildman–Crippen LogP) is 1.56. The molecule has 0 fully saturated rings. The molecule has 1 heterocycles. The zero-order valence-corrected chi connectivity index (χ0v) is 8.47. The smallest absolute Gasteiger partial charge is 0.267 e. The summed E-state index contributed by atoms with van der Waals surface area (Å²) in [5.41, 5.74) is 7.15. The van der Waals surface area contributed by atoms with Crippen LogP contribution in [0.25, 0.3) is 0 Å². The number of amides is 1. The zero-order valence-electron chi connectivity index (χ0n) is 6.89. The van der Waals surface area contributed by atoms with Crippen LogP contribution < -0.4 is 5.73 Å². The van der Waals surface area contributed by atoms with Crippen LogP contribution in [0.3, 0.4) is 0 Å². The molecule has 0 spiro atoms. The average molecular weight is 229 g/mol. The SMILES string of the molecule is Cc1cc(C(N)=O)nc(C)c1Br. The first-order chi connectivity index (χ1) is 5.52. The van der Waals surface area contributed by atoms with E-state index in [1.54, 1.807) is 6.07 Å². The second kappa shape index (κ2) is 3.23. The molecular weight excluding hydrogens is 220 g/mol. The topological polar surface area (TPSA) is 56.0 Å². The summed E-state index contributed by atoms with van der Waals surface area (Å²) in [5, 5.41) is 0.